The zero-order chi connectivity index (χ0) is 19.8. The van der Waals surface area contributed by atoms with Gasteiger partial charge in [0.1, 0.15) is 4.90 Å². The van der Waals surface area contributed by atoms with Gasteiger partial charge >= 0.3 is 0 Å². The van der Waals surface area contributed by atoms with Gasteiger partial charge in [0, 0.05) is 25.8 Å². The molecule has 2 heterocycles. The fraction of sp³-hybridized carbons (Fsp3) is 0.471. The van der Waals surface area contributed by atoms with Crippen molar-refractivity contribution in [2.45, 2.75) is 36.5 Å². The Labute approximate surface area is 160 Å². The number of rotatable bonds is 5. The zero-order valence-corrected chi connectivity index (χ0v) is 17.2. The molecule has 8 nitrogen and oxygen atoms in total. The van der Waals surface area contributed by atoms with Crippen molar-refractivity contribution in [3.8, 4) is 0 Å². The van der Waals surface area contributed by atoms with E-state index in [0.717, 1.165) is 12.8 Å². The Bertz CT molecular complexity index is 1030. The Kier molecular flexibility index (Phi) is 5.33. The van der Waals surface area contributed by atoms with Gasteiger partial charge in [0.2, 0.25) is 10.0 Å². The molecule has 0 amide bonds. The van der Waals surface area contributed by atoms with Crippen LogP contribution in [-0.4, -0.2) is 44.0 Å². The fourth-order valence-electron chi connectivity index (χ4n) is 3.16. The average molecular weight is 413 g/mol. The number of anilines is 1. The van der Waals surface area contributed by atoms with E-state index in [2.05, 4.69) is 9.82 Å². The van der Waals surface area contributed by atoms with Crippen LogP contribution in [0.2, 0.25) is 0 Å². The minimum atomic E-state index is -3.79. The minimum Gasteiger partial charge on any atom is -0.280 e. The number of nitrogens with zero attached hydrogens (tertiary/aromatic N) is 3. The molecule has 1 aromatic carbocycles. The molecule has 0 bridgehead atoms. The van der Waals surface area contributed by atoms with Crippen LogP contribution < -0.4 is 4.72 Å². The highest BCUT2D eigenvalue weighted by atomic mass is 32.2. The van der Waals surface area contributed by atoms with E-state index in [0.29, 0.717) is 30.4 Å². The molecule has 27 heavy (non-hydrogen) atoms. The summed E-state index contributed by atoms with van der Waals surface area (Å²) in [6, 6.07) is 5.79. The highest BCUT2D eigenvalue weighted by Gasteiger charge is 2.28. The molecule has 1 aromatic heterocycles. The van der Waals surface area contributed by atoms with E-state index < -0.39 is 20.0 Å². The van der Waals surface area contributed by atoms with E-state index >= 15 is 0 Å². The molecular formula is C17H24N4O4S2. The molecule has 0 saturated carbocycles. The Hall–Kier alpha value is -1.91. The molecule has 1 unspecified atom stereocenters. The third-order valence-electron chi connectivity index (χ3n) is 4.84. The molecule has 1 aliphatic heterocycles. The van der Waals surface area contributed by atoms with Crippen LogP contribution in [0.25, 0.3) is 0 Å². The molecule has 148 valence electrons. The van der Waals surface area contributed by atoms with Crippen LogP contribution in [-0.2, 0) is 27.1 Å². The first-order valence-corrected chi connectivity index (χ1v) is 11.7. The van der Waals surface area contributed by atoms with Crippen molar-refractivity contribution in [2.24, 2.45) is 13.0 Å². The summed E-state index contributed by atoms with van der Waals surface area (Å²) in [6.07, 6.45) is 3.16. The van der Waals surface area contributed by atoms with Gasteiger partial charge in [-0.05, 0) is 49.9 Å². The molecule has 10 heteroatoms. The molecule has 0 aliphatic carbocycles. The van der Waals surface area contributed by atoms with Crippen molar-refractivity contribution in [2.75, 3.05) is 17.8 Å². The lowest BCUT2D eigenvalue weighted by atomic mass is 10.0. The van der Waals surface area contributed by atoms with Gasteiger partial charge in [-0.2, -0.15) is 9.40 Å². The highest BCUT2D eigenvalue weighted by Crippen LogP contribution is 2.25. The van der Waals surface area contributed by atoms with Crippen molar-refractivity contribution in [1.82, 2.24) is 14.1 Å². The van der Waals surface area contributed by atoms with E-state index in [-0.39, 0.29) is 9.79 Å². The second-order valence-corrected chi connectivity index (χ2v) is 10.5. The third-order valence-corrected chi connectivity index (χ3v) is 8.21. The third kappa shape index (κ3) is 4.02. The van der Waals surface area contributed by atoms with Gasteiger partial charge in [0.15, 0.2) is 0 Å². The Morgan fingerprint density at radius 2 is 1.81 bits per heavy atom. The number of sulfonamides is 2. The predicted octanol–water partition coefficient (Wildman–Crippen LogP) is 1.95. The number of aryl methyl sites for hydroxylation is 1. The molecule has 2 aromatic rings. The van der Waals surface area contributed by atoms with E-state index in [4.69, 9.17) is 0 Å². The van der Waals surface area contributed by atoms with Crippen LogP contribution >= 0.6 is 0 Å². The number of benzene rings is 1. The molecular weight excluding hydrogens is 388 g/mol. The molecule has 0 radical (unpaired) electrons. The summed E-state index contributed by atoms with van der Waals surface area (Å²) < 4.78 is 56.0. The summed E-state index contributed by atoms with van der Waals surface area (Å²) in [5, 5.41) is 3.94. The Morgan fingerprint density at radius 3 is 2.37 bits per heavy atom. The van der Waals surface area contributed by atoms with Crippen molar-refractivity contribution >= 4 is 25.7 Å². The van der Waals surface area contributed by atoms with Gasteiger partial charge in [-0.1, -0.05) is 6.92 Å². The summed E-state index contributed by atoms with van der Waals surface area (Å²) in [4.78, 5) is 0.251. The average Bonchev–Trinajstić information content (AvgIpc) is 2.95. The summed E-state index contributed by atoms with van der Waals surface area (Å²) in [7, 11) is -5.70. The summed E-state index contributed by atoms with van der Waals surface area (Å²) in [5.41, 5.74) is 0.810. The van der Waals surface area contributed by atoms with E-state index in [1.54, 1.807) is 14.0 Å². The second-order valence-electron chi connectivity index (χ2n) is 6.96. The Balaban J connectivity index is 1.80. The van der Waals surface area contributed by atoms with Gasteiger partial charge in [-0.3, -0.25) is 9.40 Å². The molecule has 0 spiro atoms. The second kappa shape index (κ2) is 7.25. The molecule has 1 fully saturated rings. The summed E-state index contributed by atoms with van der Waals surface area (Å²) >= 11 is 0. The van der Waals surface area contributed by atoms with Crippen molar-refractivity contribution in [1.29, 1.82) is 0 Å². The molecule has 1 aliphatic rings. The first kappa shape index (κ1) is 19.8. The summed E-state index contributed by atoms with van der Waals surface area (Å²) in [5.74, 6) is 0.335. The van der Waals surface area contributed by atoms with Crippen molar-refractivity contribution in [3.05, 3.63) is 36.2 Å². The maximum Gasteiger partial charge on any atom is 0.265 e. The number of hydrogen-bond acceptors (Lipinski definition) is 5. The maximum atomic E-state index is 12.8. The van der Waals surface area contributed by atoms with Crippen molar-refractivity contribution < 1.29 is 16.8 Å². The minimum absolute atomic E-state index is 0.0870. The first-order chi connectivity index (χ1) is 12.6. The van der Waals surface area contributed by atoms with Gasteiger partial charge in [-0.15, -0.1) is 0 Å². The largest absolute Gasteiger partial charge is 0.280 e. The van der Waals surface area contributed by atoms with Crippen LogP contribution in [0.3, 0.4) is 0 Å². The lowest BCUT2D eigenvalue weighted by molar-refractivity contribution is 0.281. The number of hydrogen-bond donors (Lipinski definition) is 1. The van der Waals surface area contributed by atoms with Gasteiger partial charge in [0.05, 0.1) is 16.8 Å². The molecule has 1 atom stereocenters. The maximum absolute atomic E-state index is 12.8. The van der Waals surface area contributed by atoms with Gasteiger partial charge in [0.25, 0.3) is 10.0 Å². The lowest BCUT2D eigenvalue weighted by Crippen LogP contribution is -2.39. The first-order valence-electron chi connectivity index (χ1n) is 8.73. The topological polar surface area (TPSA) is 101 Å². The zero-order valence-electron chi connectivity index (χ0n) is 15.6. The van der Waals surface area contributed by atoms with E-state index in [1.165, 1.54) is 39.4 Å². The smallest absolute Gasteiger partial charge is 0.265 e. The molecule has 1 saturated heterocycles. The van der Waals surface area contributed by atoms with Crippen LogP contribution in [0.15, 0.2) is 40.3 Å². The van der Waals surface area contributed by atoms with Crippen molar-refractivity contribution in [3.63, 3.8) is 0 Å². The quantitative estimate of drug-likeness (QED) is 0.809. The monoisotopic (exact) mass is 412 g/mol. The lowest BCUT2D eigenvalue weighted by Gasteiger charge is -2.30. The van der Waals surface area contributed by atoms with Crippen LogP contribution in [0.5, 0.6) is 0 Å². The molecule has 3 rings (SSSR count). The van der Waals surface area contributed by atoms with Crippen LogP contribution in [0, 0.1) is 12.8 Å². The summed E-state index contributed by atoms with van der Waals surface area (Å²) in [6.45, 7) is 4.73. The molecule has 1 N–H and O–H groups in total. The fourth-order valence-corrected chi connectivity index (χ4v) is 6.02. The van der Waals surface area contributed by atoms with Crippen LogP contribution in [0.4, 0.5) is 5.69 Å². The number of piperidine rings is 1. The highest BCUT2D eigenvalue weighted by molar-refractivity contribution is 7.92. The van der Waals surface area contributed by atoms with Crippen LogP contribution in [0.1, 0.15) is 25.5 Å². The van der Waals surface area contributed by atoms with E-state index in [9.17, 15) is 16.8 Å². The number of aromatic nitrogens is 2. The number of nitrogens with one attached hydrogen (secondary N) is 1. The SMILES string of the molecule is Cc1c(S(=O)(=O)Nc2ccc(S(=O)(=O)N3CCCC(C)C3)cc2)cnn1C. The normalized spacial score (nSPS) is 19.1. The van der Waals surface area contributed by atoms with Gasteiger partial charge in [-0.25, -0.2) is 16.8 Å². The van der Waals surface area contributed by atoms with E-state index in [1.807, 2.05) is 6.92 Å². The Morgan fingerprint density at radius 1 is 1.15 bits per heavy atom. The predicted molar refractivity (Wildman–Crippen MR) is 102 cm³/mol. The van der Waals surface area contributed by atoms with Gasteiger partial charge < -0.3 is 0 Å². The standard InChI is InChI=1S/C17H24N4O4S2/c1-13-5-4-10-21(12-13)27(24,25)16-8-6-15(7-9-16)19-26(22,23)17-11-18-20(3)14(17)2/h6-9,11,13,19H,4-5,10,12H2,1-3H3.